The Balaban J connectivity index is 1.37. The van der Waals surface area contributed by atoms with Crippen molar-refractivity contribution in [3.8, 4) is 0 Å². The first kappa shape index (κ1) is 17.4. The standard InChI is InChI=1S/C20H15N3O2S2/c24-19(16-5-3-11-25-16)23-20(26)21-14-9-7-13(8-10-14)12-18-22-15-4-1-2-6-17(15)27-18/h1-11H,12H2,(H2,21,23,24,26). The summed E-state index contributed by atoms with van der Waals surface area (Å²) in [4.78, 5) is 16.6. The Kier molecular flexibility index (Phi) is 4.95. The maximum absolute atomic E-state index is 11.9. The van der Waals surface area contributed by atoms with Crippen LogP contribution in [-0.2, 0) is 6.42 Å². The van der Waals surface area contributed by atoms with Crippen molar-refractivity contribution < 1.29 is 9.21 Å². The molecule has 0 radical (unpaired) electrons. The van der Waals surface area contributed by atoms with Crippen molar-refractivity contribution in [2.75, 3.05) is 5.32 Å². The molecule has 2 aromatic heterocycles. The van der Waals surface area contributed by atoms with E-state index in [0.29, 0.717) is 0 Å². The number of thiazole rings is 1. The van der Waals surface area contributed by atoms with Crippen LogP contribution in [0, 0.1) is 0 Å². The van der Waals surface area contributed by atoms with Crippen LogP contribution in [0.3, 0.4) is 0 Å². The molecule has 4 rings (SSSR count). The summed E-state index contributed by atoms with van der Waals surface area (Å²) in [5.41, 5.74) is 2.99. The van der Waals surface area contributed by atoms with Gasteiger partial charge in [0.1, 0.15) is 0 Å². The fourth-order valence-corrected chi connectivity index (χ4v) is 3.82. The van der Waals surface area contributed by atoms with Gasteiger partial charge in [0.2, 0.25) is 0 Å². The monoisotopic (exact) mass is 393 g/mol. The highest BCUT2D eigenvalue weighted by atomic mass is 32.1. The molecule has 0 saturated heterocycles. The van der Waals surface area contributed by atoms with Crippen molar-refractivity contribution in [2.45, 2.75) is 6.42 Å². The van der Waals surface area contributed by atoms with Gasteiger partial charge in [0.05, 0.1) is 21.5 Å². The highest BCUT2D eigenvalue weighted by molar-refractivity contribution is 7.80. The van der Waals surface area contributed by atoms with Gasteiger partial charge in [-0.1, -0.05) is 24.3 Å². The van der Waals surface area contributed by atoms with E-state index in [0.717, 1.165) is 28.2 Å². The number of benzene rings is 2. The zero-order valence-corrected chi connectivity index (χ0v) is 15.8. The maximum Gasteiger partial charge on any atom is 0.293 e. The normalized spacial score (nSPS) is 10.7. The van der Waals surface area contributed by atoms with Crippen LogP contribution in [0.15, 0.2) is 71.3 Å². The Morgan fingerprint density at radius 1 is 1.07 bits per heavy atom. The number of thiocarbonyl (C=S) groups is 1. The molecule has 27 heavy (non-hydrogen) atoms. The Labute approximate surface area is 165 Å². The van der Waals surface area contributed by atoms with Crippen molar-refractivity contribution >= 4 is 50.5 Å². The zero-order chi connectivity index (χ0) is 18.6. The summed E-state index contributed by atoms with van der Waals surface area (Å²) in [6.07, 6.45) is 2.22. The van der Waals surface area contributed by atoms with E-state index in [4.69, 9.17) is 16.6 Å². The summed E-state index contributed by atoms with van der Waals surface area (Å²) in [7, 11) is 0. The van der Waals surface area contributed by atoms with Crippen LogP contribution in [-0.4, -0.2) is 16.0 Å². The number of aromatic nitrogens is 1. The number of para-hydroxylation sites is 1. The molecule has 0 aliphatic rings. The summed E-state index contributed by atoms with van der Waals surface area (Å²) in [5, 5.41) is 6.87. The van der Waals surface area contributed by atoms with Crippen molar-refractivity contribution in [1.82, 2.24) is 10.3 Å². The van der Waals surface area contributed by atoms with Crippen LogP contribution in [0.2, 0.25) is 0 Å². The number of nitrogens with zero attached hydrogens (tertiary/aromatic N) is 1. The average molecular weight is 393 g/mol. The third-order valence-corrected chi connectivity index (χ3v) is 5.12. The van der Waals surface area contributed by atoms with Crippen molar-refractivity contribution in [2.24, 2.45) is 0 Å². The zero-order valence-electron chi connectivity index (χ0n) is 14.1. The summed E-state index contributed by atoms with van der Waals surface area (Å²) in [5.74, 6) is -0.171. The maximum atomic E-state index is 11.9. The molecule has 1 amide bonds. The molecule has 5 nitrogen and oxygen atoms in total. The second kappa shape index (κ2) is 7.69. The molecule has 0 aliphatic heterocycles. The Morgan fingerprint density at radius 2 is 1.89 bits per heavy atom. The molecule has 2 heterocycles. The topological polar surface area (TPSA) is 67.2 Å². The second-order valence-electron chi connectivity index (χ2n) is 5.83. The highest BCUT2D eigenvalue weighted by Gasteiger charge is 2.10. The average Bonchev–Trinajstić information content (AvgIpc) is 3.32. The lowest BCUT2D eigenvalue weighted by Gasteiger charge is -2.09. The second-order valence-corrected chi connectivity index (χ2v) is 7.36. The van der Waals surface area contributed by atoms with Crippen LogP contribution < -0.4 is 10.6 Å². The van der Waals surface area contributed by atoms with Crippen LogP contribution in [0.25, 0.3) is 10.2 Å². The van der Waals surface area contributed by atoms with Gasteiger partial charge in [0.15, 0.2) is 10.9 Å². The predicted octanol–water partition coefficient (Wildman–Crippen LogP) is 4.61. The molecule has 4 aromatic rings. The van der Waals surface area contributed by atoms with Gasteiger partial charge in [-0.2, -0.15) is 0 Å². The minimum absolute atomic E-state index is 0.213. The van der Waals surface area contributed by atoms with E-state index in [1.807, 2.05) is 42.5 Å². The first-order valence-electron chi connectivity index (χ1n) is 8.26. The predicted molar refractivity (Wildman–Crippen MR) is 111 cm³/mol. The van der Waals surface area contributed by atoms with Crippen LogP contribution in [0.1, 0.15) is 21.1 Å². The minimum Gasteiger partial charge on any atom is -0.459 e. The highest BCUT2D eigenvalue weighted by Crippen LogP contribution is 2.24. The Morgan fingerprint density at radius 3 is 2.63 bits per heavy atom. The molecule has 0 saturated carbocycles. The number of amides is 1. The number of rotatable bonds is 4. The summed E-state index contributed by atoms with van der Waals surface area (Å²) in [6, 6.07) is 19.3. The quantitative estimate of drug-likeness (QED) is 0.496. The smallest absolute Gasteiger partial charge is 0.293 e. The molecule has 0 bridgehead atoms. The van der Waals surface area contributed by atoms with Crippen LogP contribution >= 0.6 is 23.6 Å². The van der Waals surface area contributed by atoms with E-state index < -0.39 is 0 Å². The number of furan rings is 1. The largest absolute Gasteiger partial charge is 0.459 e. The number of anilines is 1. The Bertz CT molecular complexity index is 1050. The van der Waals surface area contributed by atoms with Gasteiger partial charge < -0.3 is 9.73 Å². The molecule has 2 aromatic carbocycles. The van der Waals surface area contributed by atoms with E-state index >= 15 is 0 Å². The van der Waals surface area contributed by atoms with Gasteiger partial charge in [0.25, 0.3) is 5.91 Å². The molecule has 0 unspecified atom stereocenters. The fraction of sp³-hybridized carbons (Fsp3) is 0.0500. The number of carbonyl (C=O) groups is 1. The molecular weight excluding hydrogens is 378 g/mol. The van der Waals surface area contributed by atoms with Crippen LogP contribution in [0.5, 0.6) is 0 Å². The minimum atomic E-state index is -0.384. The third-order valence-electron chi connectivity index (χ3n) is 3.88. The molecular formula is C20H15N3O2S2. The third kappa shape index (κ3) is 4.21. The lowest BCUT2D eigenvalue weighted by Crippen LogP contribution is -2.33. The van der Waals surface area contributed by atoms with Crippen molar-refractivity contribution in [3.05, 3.63) is 83.3 Å². The summed E-state index contributed by atoms with van der Waals surface area (Å²) >= 11 is 6.88. The van der Waals surface area contributed by atoms with Gasteiger partial charge >= 0.3 is 0 Å². The first-order chi connectivity index (χ1) is 13.2. The van der Waals surface area contributed by atoms with Crippen molar-refractivity contribution in [3.63, 3.8) is 0 Å². The molecule has 0 spiro atoms. The molecule has 0 fully saturated rings. The summed E-state index contributed by atoms with van der Waals surface area (Å²) in [6.45, 7) is 0. The van der Waals surface area contributed by atoms with E-state index in [9.17, 15) is 4.79 Å². The SMILES string of the molecule is O=C(NC(=S)Nc1ccc(Cc2nc3ccccc3s2)cc1)c1ccco1. The molecule has 0 aliphatic carbocycles. The molecule has 2 N–H and O–H groups in total. The van der Waals surface area contributed by atoms with Gasteiger partial charge in [-0.05, 0) is 54.2 Å². The lowest BCUT2D eigenvalue weighted by atomic mass is 10.1. The van der Waals surface area contributed by atoms with Crippen molar-refractivity contribution in [1.29, 1.82) is 0 Å². The van der Waals surface area contributed by atoms with Gasteiger partial charge in [-0.25, -0.2) is 4.98 Å². The summed E-state index contributed by atoms with van der Waals surface area (Å²) < 4.78 is 6.23. The van der Waals surface area contributed by atoms with E-state index in [1.54, 1.807) is 23.5 Å². The number of fused-ring (bicyclic) bond motifs is 1. The number of hydrogen-bond acceptors (Lipinski definition) is 5. The number of nitrogens with one attached hydrogen (secondary N) is 2. The van der Waals surface area contributed by atoms with Gasteiger partial charge in [-0.15, -0.1) is 11.3 Å². The number of carbonyl (C=O) groups excluding carboxylic acids is 1. The van der Waals surface area contributed by atoms with E-state index in [2.05, 4.69) is 21.7 Å². The molecule has 134 valence electrons. The van der Waals surface area contributed by atoms with Crippen LogP contribution in [0.4, 0.5) is 5.69 Å². The van der Waals surface area contributed by atoms with Gasteiger partial charge in [-0.3, -0.25) is 10.1 Å². The lowest BCUT2D eigenvalue weighted by molar-refractivity contribution is 0.0950. The number of hydrogen-bond donors (Lipinski definition) is 2. The van der Waals surface area contributed by atoms with Gasteiger partial charge in [0, 0.05) is 12.1 Å². The molecule has 7 heteroatoms. The van der Waals surface area contributed by atoms with E-state index in [1.165, 1.54) is 11.0 Å². The van der Waals surface area contributed by atoms with E-state index in [-0.39, 0.29) is 16.8 Å². The Hall–Kier alpha value is -3.03. The first-order valence-corrected chi connectivity index (χ1v) is 9.49. The molecule has 0 atom stereocenters. The fourth-order valence-electron chi connectivity index (χ4n) is 2.61.